The Hall–Kier alpha value is -0.610. The lowest BCUT2D eigenvalue weighted by atomic mass is 10.2. The molecular formula is C8H17NO3. The molecule has 72 valence electrons. The fraction of sp³-hybridized carbons (Fsp3) is 0.875. The molecule has 0 bridgehead atoms. The van der Waals surface area contributed by atoms with E-state index in [1.54, 1.807) is 0 Å². The van der Waals surface area contributed by atoms with Crippen LogP contribution in [0.2, 0.25) is 0 Å². The van der Waals surface area contributed by atoms with Crippen LogP contribution in [0.5, 0.6) is 0 Å². The first-order valence-electron chi connectivity index (χ1n) is 4.04. The Kier molecular flexibility index (Phi) is 5.66. The van der Waals surface area contributed by atoms with Crippen LogP contribution in [-0.4, -0.2) is 36.9 Å². The molecule has 0 spiro atoms. The van der Waals surface area contributed by atoms with Gasteiger partial charge in [0, 0.05) is 12.6 Å². The Morgan fingerprint density at radius 1 is 1.58 bits per heavy atom. The fourth-order valence-electron chi connectivity index (χ4n) is 0.720. The van der Waals surface area contributed by atoms with Crippen LogP contribution in [0.4, 0.5) is 0 Å². The van der Waals surface area contributed by atoms with Gasteiger partial charge >= 0.3 is 5.97 Å². The van der Waals surface area contributed by atoms with E-state index in [2.05, 4.69) is 10.1 Å². The molecule has 1 atom stereocenters. The molecule has 0 fully saturated rings. The van der Waals surface area contributed by atoms with Gasteiger partial charge in [0.15, 0.2) is 0 Å². The lowest BCUT2D eigenvalue weighted by Gasteiger charge is -2.12. The molecule has 4 heteroatoms. The third-order valence-corrected chi connectivity index (χ3v) is 1.39. The topological polar surface area (TPSA) is 58.6 Å². The predicted molar refractivity (Wildman–Crippen MR) is 45.8 cm³/mol. The van der Waals surface area contributed by atoms with Crippen molar-refractivity contribution in [3.8, 4) is 0 Å². The second-order valence-electron chi connectivity index (χ2n) is 3.00. The Morgan fingerprint density at radius 3 is 2.58 bits per heavy atom. The van der Waals surface area contributed by atoms with Crippen molar-refractivity contribution in [1.82, 2.24) is 5.32 Å². The van der Waals surface area contributed by atoms with E-state index in [9.17, 15) is 9.90 Å². The summed E-state index contributed by atoms with van der Waals surface area (Å²) in [6.45, 7) is 4.38. The summed E-state index contributed by atoms with van der Waals surface area (Å²) < 4.78 is 4.40. The number of ether oxygens (including phenoxy) is 1. The zero-order valence-electron chi connectivity index (χ0n) is 7.83. The van der Waals surface area contributed by atoms with Crippen LogP contribution >= 0.6 is 0 Å². The highest BCUT2D eigenvalue weighted by molar-refractivity contribution is 5.69. The molecule has 0 aromatic rings. The first-order valence-corrected chi connectivity index (χ1v) is 4.04. The van der Waals surface area contributed by atoms with E-state index in [4.69, 9.17) is 0 Å². The summed E-state index contributed by atoms with van der Waals surface area (Å²) in [6, 6.07) is 0.317. The molecule has 0 aliphatic heterocycles. The number of hydrogen-bond donors (Lipinski definition) is 2. The van der Waals surface area contributed by atoms with Crippen molar-refractivity contribution in [2.75, 3.05) is 13.7 Å². The summed E-state index contributed by atoms with van der Waals surface area (Å²) in [5, 5.41) is 12.3. The van der Waals surface area contributed by atoms with E-state index in [1.807, 2.05) is 13.8 Å². The summed E-state index contributed by atoms with van der Waals surface area (Å²) >= 11 is 0. The molecule has 0 radical (unpaired) electrons. The monoisotopic (exact) mass is 175 g/mol. The van der Waals surface area contributed by atoms with Crippen molar-refractivity contribution >= 4 is 5.97 Å². The van der Waals surface area contributed by atoms with Crippen LogP contribution in [-0.2, 0) is 9.53 Å². The van der Waals surface area contributed by atoms with Gasteiger partial charge in [-0.15, -0.1) is 0 Å². The zero-order valence-corrected chi connectivity index (χ0v) is 7.83. The number of esters is 1. The number of carbonyl (C=O) groups is 1. The van der Waals surface area contributed by atoms with Gasteiger partial charge in [0.05, 0.1) is 19.6 Å². The molecule has 1 unspecified atom stereocenters. The van der Waals surface area contributed by atoms with E-state index in [1.165, 1.54) is 7.11 Å². The molecule has 0 aromatic carbocycles. The molecule has 0 saturated heterocycles. The van der Waals surface area contributed by atoms with Gasteiger partial charge in [0.25, 0.3) is 0 Å². The number of hydrogen-bond acceptors (Lipinski definition) is 4. The SMILES string of the molecule is COC(=O)CC(O)CNC(C)C. The maximum atomic E-state index is 10.7. The number of rotatable bonds is 5. The maximum Gasteiger partial charge on any atom is 0.308 e. The van der Waals surface area contributed by atoms with Crippen LogP contribution in [0.25, 0.3) is 0 Å². The van der Waals surface area contributed by atoms with Crippen molar-refractivity contribution in [2.24, 2.45) is 0 Å². The average molecular weight is 175 g/mol. The molecule has 4 nitrogen and oxygen atoms in total. The number of nitrogens with one attached hydrogen (secondary N) is 1. The molecule has 0 rings (SSSR count). The first kappa shape index (κ1) is 11.4. The minimum atomic E-state index is -0.653. The van der Waals surface area contributed by atoms with Crippen LogP contribution in [0.1, 0.15) is 20.3 Å². The summed E-state index contributed by atoms with van der Waals surface area (Å²) in [7, 11) is 1.31. The maximum absolute atomic E-state index is 10.7. The predicted octanol–water partition coefficient (Wildman–Crippen LogP) is -0.0916. The molecule has 0 aliphatic carbocycles. The van der Waals surface area contributed by atoms with Gasteiger partial charge in [-0.1, -0.05) is 13.8 Å². The summed E-state index contributed by atoms with van der Waals surface area (Å²) in [5.74, 6) is -0.381. The number of carbonyl (C=O) groups excluding carboxylic acids is 1. The second-order valence-corrected chi connectivity index (χ2v) is 3.00. The second kappa shape index (κ2) is 5.97. The van der Waals surface area contributed by atoms with Crippen LogP contribution in [0.15, 0.2) is 0 Å². The fourth-order valence-corrected chi connectivity index (χ4v) is 0.720. The average Bonchev–Trinajstić information content (AvgIpc) is 2.00. The minimum absolute atomic E-state index is 0.0518. The van der Waals surface area contributed by atoms with Crippen molar-refractivity contribution in [3.63, 3.8) is 0 Å². The first-order chi connectivity index (χ1) is 5.56. The van der Waals surface area contributed by atoms with E-state index in [0.29, 0.717) is 12.6 Å². The molecule has 0 heterocycles. The Labute approximate surface area is 72.9 Å². The van der Waals surface area contributed by atoms with Gasteiger partial charge in [0.2, 0.25) is 0 Å². The van der Waals surface area contributed by atoms with E-state index in [-0.39, 0.29) is 12.4 Å². The van der Waals surface area contributed by atoms with Crippen molar-refractivity contribution < 1.29 is 14.6 Å². The zero-order chi connectivity index (χ0) is 9.56. The molecule has 12 heavy (non-hydrogen) atoms. The van der Waals surface area contributed by atoms with Crippen LogP contribution in [0, 0.1) is 0 Å². The molecule has 2 N–H and O–H groups in total. The standard InChI is InChI=1S/C8H17NO3/c1-6(2)9-5-7(10)4-8(11)12-3/h6-7,9-10H,4-5H2,1-3H3. The van der Waals surface area contributed by atoms with E-state index < -0.39 is 6.10 Å². The van der Waals surface area contributed by atoms with Gasteiger partial charge in [-0.2, -0.15) is 0 Å². The highest BCUT2D eigenvalue weighted by Gasteiger charge is 2.10. The number of aliphatic hydroxyl groups is 1. The molecule has 0 saturated carbocycles. The summed E-state index contributed by atoms with van der Waals surface area (Å²) in [6.07, 6.45) is -0.601. The Bertz CT molecular complexity index is 136. The van der Waals surface area contributed by atoms with Gasteiger partial charge in [-0.25, -0.2) is 0 Å². The quantitative estimate of drug-likeness (QED) is 0.573. The number of aliphatic hydroxyl groups excluding tert-OH is 1. The smallest absolute Gasteiger partial charge is 0.308 e. The lowest BCUT2D eigenvalue weighted by molar-refractivity contribution is -0.142. The van der Waals surface area contributed by atoms with Gasteiger partial charge in [0.1, 0.15) is 0 Å². The highest BCUT2D eigenvalue weighted by atomic mass is 16.5. The van der Waals surface area contributed by atoms with Crippen molar-refractivity contribution in [2.45, 2.75) is 32.4 Å². The summed E-state index contributed by atoms with van der Waals surface area (Å²) in [4.78, 5) is 10.7. The lowest BCUT2D eigenvalue weighted by Crippen LogP contribution is -2.33. The normalized spacial score (nSPS) is 13.1. The third-order valence-electron chi connectivity index (χ3n) is 1.39. The van der Waals surface area contributed by atoms with E-state index in [0.717, 1.165) is 0 Å². The van der Waals surface area contributed by atoms with Gasteiger partial charge < -0.3 is 15.2 Å². The van der Waals surface area contributed by atoms with Crippen molar-refractivity contribution in [3.05, 3.63) is 0 Å². The molecular weight excluding hydrogens is 158 g/mol. The van der Waals surface area contributed by atoms with Gasteiger partial charge in [-0.3, -0.25) is 4.79 Å². The minimum Gasteiger partial charge on any atom is -0.469 e. The molecule has 0 amide bonds. The molecule has 0 aromatic heterocycles. The Morgan fingerprint density at radius 2 is 2.17 bits per heavy atom. The number of methoxy groups -OCH3 is 1. The van der Waals surface area contributed by atoms with Crippen LogP contribution < -0.4 is 5.32 Å². The van der Waals surface area contributed by atoms with E-state index >= 15 is 0 Å². The van der Waals surface area contributed by atoms with Crippen LogP contribution in [0.3, 0.4) is 0 Å². The Balaban J connectivity index is 3.45. The summed E-state index contributed by atoms with van der Waals surface area (Å²) in [5.41, 5.74) is 0. The third kappa shape index (κ3) is 6.12. The van der Waals surface area contributed by atoms with Gasteiger partial charge in [-0.05, 0) is 0 Å². The molecule has 0 aliphatic rings. The highest BCUT2D eigenvalue weighted by Crippen LogP contribution is 1.92. The van der Waals surface area contributed by atoms with Crippen molar-refractivity contribution in [1.29, 1.82) is 0 Å². The largest absolute Gasteiger partial charge is 0.469 e.